The standard InChI is InChI=1S/C24H23ClN6O2S/c1-14(2)10-11-30-22(33)18-6-4-5-7-20(18)31-23(30)28-29-24(31)34-15(3)21(32)27-17-9-8-16(13-26)19(25)12-17/h4-9,12,14-15H,10-11H2,1-3H3,(H,27,32). The summed E-state index contributed by atoms with van der Waals surface area (Å²) >= 11 is 7.32. The fourth-order valence-corrected chi connectivity index (χ4v) is 4.62. The summed E-state index contributed by atoms with van der Waals surface area (Å²) in [4.78, 5) is 26.0. The summed E-state index contributed by atoms with van der Waals surface area (Å²) in [5.41, 5.74) is 1.44. The van der Waals surface area contributed by atoms with Gasteiger partial charge in [-0.3, -0.25) is 18.6 Å². The number of nitrogens with one attached hydrogen (secondary N) is 1. The maximum atomic E-state index is 13.2. The van der Waals surface area contributed by atoms with E-state index in [1.807, 2.05) is 28.7 Å². The molecule has 1 unspecified atom stereocenters. The second kappa shape index (κ2) is 9.87. The highest BCUT2D eigenvalue weighted by Gasteiger charge is 2.22. The lowest BCUT2D eigenvalue weighted by Crippen LogP contribution is -2.25. The number of fused-ring (bicyclic) bond motifs is 3. The largest absolute Gasteiger partial charge is 0.325 e. The molecule has 8 nitrogen and oxygen atoms in total. The summed E-state index contributed by atoms with van der Waals surface area (Å²) in [6.45, 7) is 6.51. The van der Waals surface area contributed by atoms with Crippen molar-refractivity contribution in [1.29, 1.82) is 5.26 Å². The molecule has 1 amide bonds. The van der Waals surface area contributed by atoms with Crippen LogP contribution in [0.25, 0.3) is 16.7 Å². The molecule has 0 spiro atoms. The number of thioether (sulfide) groups is 1. The number of nitrogens with zero attached hydrogens (tertiary/aromatic N) is 5. The molecule has 1 atom stereocenters. The molecule has 1 N–H and O–H groups in total. The first kappa shape index (κ1) is 23.8. The molecule has 0 radical (unpaired) electrons. The zero-order chi connectivity index (χ0) is 24.4. The highest BCUT2D eigenvalue weighted by molar-refractivity contribution is 8.00. The highest BCUT2D eigenvalue weighted by Crippen LogP contribution is 2.27. The third-order valence-corrected chi connectivity index (χ3v) is 6.77. The van der Waals surface area contributed by atoms with Crippen molar-refractivity contribution in [2.45, 2.75) is 44.1 Å². The van der Waals surface area contributed by atoms with E-state index in [1.165, 1.54) is 11.8 Å². The first-order chi connectivity index (χ1) is 16.3. The number of carbonyl (C=O) groups excluding carboxylic acids is 1. The highest BCUT2D eigenvalue weighted by atomic mass is 35.5. The van der Waals surface area contributed by atoms with Crippen LogP contribution >= 0.6 is 23.4 Å². The molecule has 0 aliphatic rings. The van der Waals surface area contributed by atoms with Crippen LogP contribution in [0.15, 0.2) is 52.4 Å². The van der Waals surface area contributed by atoms with Gasteiger partial charge in [-0.25, -0.2) is 0 Å². The van der Waals surface area contributed by atoms with E-state index in [0.29, 0.717) is 45.6 Å². The van der Waals surface area contributed by atoms with Crippen LogP contribution in [0.2, 0.25) is 5.02 Å². The van der Waals surface area contributed by atoms with Crippen LogP contribution in [0.3, 0.4) is 0 Å². The topological polar surface area (TPSA) is 105 Å². The summed E-state index contributed by atoms with van der Waals surface area (Å²) in [7, 11) is 0. The number of hydrogen-bond donors (Lipinski definition) is 1. The van der Waals surface area contributed by atoms with Crippen LogP contribution in [0.1, 0.15) is 32.8 Å². The second-order valence-corrected chi connectivity index (χ2v) is 10.0. The van der Waals surface area contributed by atoms with E-state index in [2.05, 4.69) is 29.4 Å². The second-order valence-electron chi connectivity index (χ2n) is 8.33. The molecule has 0 aliphatic heterocycles. The maximum absolute atomic E-state index is 13.2. The minimum atomic E-state index is -0.517. The minimum absolute atomic E-state index is 0.101. The van der Waals surface area contributed by atoms with Gasteiger partial charge in [-0.15, -0.1) is 10.2 Å². The predicted octanol–water partition coefficient (Wildman–Crippen LogP) is 4.73. The molecule has 174 valence electrons. The minimum Gasteiger partial charge on any atom is -0.325 e. The molecule has 10 heteroatoms. The predicted molar refractivity (Wildman–Crippen MR) is 134 cm³/mol. The molecule has 0 saturated heterocycles. The van der Waals surface area contributed by atoms with E-state index in [9.17, 15) is 9.59 Å². The average Bonchev–Trinajstić information content (AvgIpc) is 3.22. The van der Waals surface area contributed by atoms with Gasteiger partial charge in [0.1, 0.15) is 6.07 Å². The molecule has 4 rings (SSSR count). The van der Waals surface area contributed by atoms with Gasteiger partial charge in [-0.05, 0) is 49.6 Å². The molecule has 2 heterocycles. The molecule has 0 aliphatic carbocycles. The zero-order valence-corrected chi connectivity index (χ0v) is 20.5. The Hall–Kier alpha value is -3.35. The number of para-hydroxylation sites is 1. The number of anilines is 1. The fraction of sp³-hybridized carbons (Fsp3) is 0.292. The maximum Gasteiger partial charge on any atom is 0.262 e. The van der Waals surface area contributed by atoms with Gasteiger partial charge in [0.2, 0.25) is 11.7 Å². The number of rotatable bonds is 7. The normalized spacial score (nSPS) is 12.2. The molecule has 0 saturated carbocycles. The lowest BCUT2D eigenvalue weighted by atomic mass is 10.1. The Morgan fingerprint density at radius 2 is 1.97 bits per heavy atom. The van der Waals surface area contributed by atoms with Crippen LogP contribution in [0.4, 0.5) is 5.69 Å². The van der Waals surface area contributed by atoms with Crippen molar-refractivity contribution in [3.63, 3.8) is 0 Å². The third kappa shape index (κ3) is 4.65. The van der Waals surface area contributed by atoms with Crippen molar-refractivity contribution in [3.8, 4) is 6.07 Å². The van der Waals surface area contributed by atoms with Crippen molar-refractivity contribution >= 4 is 51.6 Å². The van der Waals surface area contributed by atoms with Crippen LogP contribution in [0.5, 0.6) is 0 Å². The number of hydrogen-bond acceptors (Lipinski definition) is 6. The first-order valence-electron chi connectivity index (χ1n) is 10.8. The quantitative estimate of drug-likeness (QED) is 0.372. The lowest BCUT2D eigenvalue weighted by molar-refractivity contribution is -0.115. The van der Waals surface area contributed by atoms with Crippen LogP contribution in [-0.4, -0.2) is 30.3 Å². The summed E-state index contributed by atoms with van der Waals surface area (Å²) in [5, 5.41) is 21.3. The molecule has 2 aromatic carbocycles. The molecule has 0 fully saturated rings. The first-order valence-corrected chi connectivity index (χ1v) is 12.1. The van der Waals surface area contributed by atoms with Crippen molar-refractivity contribution in [3.05, 3.63) is 63.4 Å². The molecule has 2 aromatic heterocycles. The third-order valence-electron chi connectivity index (χ3n) is 5.42. The number of carbonyl (C=O) groups is 1. The van der Waals surface area contributed by atoms with Crippen molar-refractivity contribution in [2.24, 2.45) is 5.92 Å². The number of aryl methyl sites for hydroxylation is 1. The lowest BCUT2D eigenvalue weighted by Gasteiger charge is -2.14. The summed E-state index contributed by atoms with van der Waals surface area (Å²) in [5.74, 6) is 0.632. The Labute approximate surface area is 205 Å². The van der Waals surface area contributed by atoms with Gasteiger partial charge in [0.25, 0.3) is 5.56 Å². The molecule has 4 aromatic rings. The van der Waals surface area contributed by atoms with E-state index < -0.39 is 5.25 Å². The molecule has 34 heavy (non-hydrogen) atoms. The van der Waals surface area contributed by atoms with Crippen molar-refractivity contribution in [1.82, 2.24) is 19.2 Å². The average molecular weight is 495 g/mol. The zero-order valence-electron chi connectivity index (χ0n) is 18.9. The van der Waals surface area contributed by atoms with E-state index in [0.717, 1.165) is 6.42 Å². The Bertz CT molecular complexity index is 1490. The van der Waals surface area contributed by atoms with Crippen LogP contribution in [0, 0.1) is 17.2 Å². The van der Waals surface area contributed by atoms with Gasteiger partial charge in [0.15, 0.2) is 5.16 Å². The smallest absolute Gasteiger partial charge is 0.262 e. The van der Waals surface area contributed by atoms with E-state index in [-0.39, 0.29) is 16.5 Å². The molecular formula is C24H23ClN6O2S. The van der Waals surface area contributed by atoms with Gasteiger partial charge in [-0.1, -0.05) is 49.3 Å². The summed E-state index contributed by atoms with van der Waals surface area (Å²) in [6, 6.07) is 14.1. The number of halogens is 1. The van der Waals surface area contributed by atoms with E-state index >= 15 is 0 Å². The van der Waals surface area contributed by atoms with Gasteiger partial charge >= 0.3 is 0 Å². The Morgan fingerprint density at radius 3 is 2.68 bits per heavy atom. The summed E-state index contributed by atoms with van der Waals surface area (Å²) in [6.07, 6.45) is 0.829. The van der Waals surface area contributed by atoms with E-state index in [4.69, 9.17) is 16.9 Å². The Morgan fingerprint density at radius 1 is 1.21 bits per heavy atom. The van der Waals surface area contributed by atoms with Gasteiger partial charge in [0.05, 0.1) is 26.7 Å². The number of aromatic nitrogens is 4. The Kier molecular flexibility index (Phi) is 6.91. The van der Waals surface area contributed by atoms with Crippen LogP contribution in [-0.2, 0) is 11.3 Å². The van der Waals surface area contributed by atoms with Gasteiger partial charge < -0.3 is 5.32 Å². The summed E-state index contributed by atoms with van der Waals surface area (Å²) < 4.78 is 3.49. The number of benzene rings is 2. The molecular weight excluding hydrogens is 472 g/mol. The van der Waals surface area contributed by atoms with Crippen LogP contribution < -0.4 is 10.9 Å². The number of nitriles is 1. The SMILES string of the molecule is CC(C)CCn1c(=O)c2ccccc2n2c(SC(C)C(=O)Nc3ccc(C#N)c(Cl)c3)nnc12. The molecule has 0 bridgehead atoms. The van der Waals surface area contributed by atoms with Gasteiger partial charge in [-0.2, -0.15) is 5.26 Å². The van der Waals surface area contributed by atoms with E-state index in [1.54, 1.807) is 35.8 Å². The monoisotopic (exact) mass is 494 g/mol. The van der Waals surface area contributed by atoms with Crippen molar-refractivity contribution < 1.29 is 4.79 Å². The Balaban J connectivity index is 1.67. The number of amides is 1. The fourth-order valence-electron chi connectivity index (χ4n) is 3.54. The van der Waals surface area contributed by atoms with Gasteiger partial charge in [0, 0.05) is 12.2 Å². The van der Waals surface area contributed by atoms with Crippen molar-refractivity contribution in [2.75, 3.05) is 5.32 Å².